The summed E-state index contributed by atoms with van der Waals surface area (Å²) in [5, 5.41) is 5.42. The fourth-order valence-corrected chi connectivity index (χ4v) is 3.58. The second kappa shape index (κ2) is 7.88. The van der Waals surface area contributed by atoms with Crippen molar-refractivity contribution in [3.8, 4) is 0 Å². The molecule has 1 aromatic carbocycles. The van der Waals surface area contributed by atoms with Crippen molar-refractivity contribution in [2.24, 2.45) is 0 Å². The van der Waals surface area contributed by atoms with Crippen LogP contribution in [0.4, 0.5) is 19.6 Å². The highest BCUT2D eigenvalue weighted by molar-refractivity contribution is 7.13. The van der Waals surface area contributed by atoms with E-state index in [0.29, 0.717) is 6.54 Å². The lowest BCUT2D eigenvalue weighted by molar-refractivity contribution is -0.120. The Hall–Kier alpha value is -2.06. The predicted octanol–water partition coefficient (Wildman–Crippen LogP) is 2.96. The van der Waals surface area contributed by atoms with Gasteiger partial charge in [-0.3, -0.25) is 9.69 Å². The average molecular weight is 366 g/mol. The number of nitrogens with one attached hydrogen (secondary N) is 1. The summed E-state index contributed by atoms with van der Waals surface area (Å²) in [6.45, 7) is 4.92. The summed E-state index contributed by atoms with van der Waals surface area (Å²) in [5.74, 6) is -1.57. The number of anilines is 2. The number of nitrogens with zero attached hydrogens (tertiary/aromatic N) is 3. The van der Waals surface area contributed by atoms with Crippen LogP contribution in [0.5, 0.6) is 0 Å². The van der Waals surface area contributed by atoms with Gasteiger partial charge in [-0.25, -0.2) is 13.8 Å². The molecule has 25 heavy (non-hydrogen) atoms. The SMILES string of the molecule is C[C@H](C(=O)Nc1cc(F)ccc1F)N1CCCN(c2nccs2)CC1. The van der Waals surface area contributed by atoms with Crippen LogP contribution >= 0.6 is 11.3 Å². The lowest BCUT2D eigenvalue weighted by Crippen LogP contribution is -2.44. The van der Waals surface area contributed by atoms with Gasteiger partial charge >= 0.3 is 0 Å². The highest BCUT2D eigenvalue weighted by atomic mass is 32.1. The number of thiazole rings is 1. The molecule has 8 heteroatoms. The summed E-state index contributed by atoms with van der Waals surface area (Å²) in [4.78, 5) is 21.0. The number of hydrogen-bond donors (Lipinski definition) is 1. The molecule has 0 bridgehead atoms. The van der Waals surface area contributed by atoms with E-state index in [9.17, 15) is 13.6 Å². The molecule has 1 aliphatic rings. The zero-order valence-corrected chi connectivity index (χ0v) is 14.7. The number of amides is 1. The topological polar surface area (TPSA) is 48.5 Å². The van der Waals surface area contributed by atoms with Crippen LogP contribution in [0, 0.1) is 11.6 Å². The van der Waals surface area contributed by atoms with Crippen LogP contribution in [0.1, 0.15) is 13.3 Å². The van der Waals surface area contributed by atoms with Gasteiger partial charge < -0.3 is 10.2 Å². The molecule has 1 N–H and O–H groups in total. The fourth-order valence-electron chi connectivity index (χ4n) is 2.88. The van der Waals surface area contributed by atoms with Crippen LogP contribution in [-0.2, 0) is 4.79 Å². The van der Waals surface area contributed by atoms with Crippen molar-refractivity contribution in [3.05, 3.63) is 41.4 Å². The van der Waals surface area contributed by atoms with Gasteiger partial charge in [-0.2, -0.15) is 0 Å². The number of aromatic nitrogens is 1. The van der Waals surface area contributed by atoms with E-state index in [1.165, 1.54) is 0 Å². The Morgan fingerprint density at radius 1 is 1.28 bits per heavy atom. The fraction of sp³-hybridized carbons (Fsp3) is 0.412. The Balaban J connectivity index is 1.61. The first-order valence-corrected chi connectivity index (χ1v) is 9.07. The van der Waals surface area contributed by atoms with E-state index >= 15 is 0 Å². The molecule has 0 aliphatic carbocycles. The lowest BCUT2D eigenvalue weighted by Gasteiger charge is -2.27. The Kier molecular flexibility index (Phi) is 5.60. The molecule has 3 rings (SSSR count). The molecular weight excluding hydrogens is 346 g/mol. The van der Waals surface area contributed by atoms with Crippen LogP contribution in [0.15, 0.2) is 29.8 Å². The largest absolute Gasteiger partial charge is 0.347 e. The molecule has 0 radical (unpaired) electrons. The molecule has 1 atom stereocenters. The number of halogens is 2. The molecule has 1 aliphatic heterocycles. The molecule has 1 aromatic heterocycles. The molecule has 1 fully saturated rings. The van der Waals surface area contributed by atoms with Crippen molar-refractivity contribution in [1.82, 2.24) is 9.88 Å². The molecule has 1 amide bonds. The van der Waals surface area contributed by atoms with Gasteiger partial charge in [0.1, 0.15) is 11.6 Å². The van der Waals surface area contributed by atoms with E-state index in [1.54, 1.807) is 24.5 Å². The summed E-state index contributed by atoms with van der Waals surface area (Å²) in [6.07, 6.45) is 2.69. The lowest BCUT2D eigenvalue weighted by atomic mass is 10.2. The summed E-state index contributed by atoms with van der Waals surface area (Å²) >= 11 is 1.60. The van der Waals surface area contributed by atoms with Gasteiger partial charge in [-0.1, -0.05) is 0 Å². The van der Waals surface area contributed by atoms with Crippen molar-refractivity contribution in [2.75, 3.05) is 36.4 Å². The molecule has 2 heterocycles. The minimum atomic E-state index is -0.646. The number of benzene rings is 1. The van der Waals surface area contributed by atoms with Crippen molar-refractivity contribution in [2.45, 2.75) is 19.4 Å². The maximum Gasteiger partial charge on any atom is 0.241 e. The molecule has 5 nitrogen and oxygen atoms in total. The second-order valence-corrected chi connectivity index (χ2v) is 6.85. The third-order valence-electron chi connectivity index (χ3n) is 4.33. The third-order valence-corrected chi connectivity index (χ3v) is 5.17. The number of carbonyl (C=O) groups excluding carboxylic acids is 1. The molecule has 0 unspecified atom stereocenters. The first-order valence-electron chi connectivity index (χ1n) is 8.19. The average Bonchev–Trinajstić information content (AvgIpc) is 3.02. The van der Waals surface area contributed by atoms with Crippen LogP contribution in [0.2, 0.25) is 0 Å². The Labute approximate surface area is 149 Å². The van der Waals surface area contributed by atoms with Crippen LogP contribution in [0.3, 0.4) is 0 Å². The highest BCUT2D eigenvalue weighted by Crippen LogP contribution is 2.20. The van der Waals surface area contributed by atoms with Crippen molar-refractivity contribution in [1.29, 1.82) is 0 Å². The number of hydrogen-bond acceptors (Lipinski definition) is 5. The van der Waals surface area contributed by atoms with Crippen LogP contribution in [-0.4, -0.2) is 48.0 Å². The first-order chi connectivity index (χ1) is 12.0. The van der Waals surface area contributed by atoms with Gasteiger partial charge in [0.25, 0.3) is 0 Å². The Bertz CT molecular complexity index is 725. The monoisotopic (exact) mass is 366 g/mol. The normalized spacial score (nSPS) is 17.2. The van der Waals surface area contributed by atoms with Crippen LogP contribution < -0.4 is 10.2 Å². The van der Waals surface area contributed by atoms with E-state index in [4.69, 9.17) is 0 Å². The van der Waals surface area contributed by atoms with Gasteiger partial charge in [0.05, 0.1) is 11.7 Å². The quantitative estimate of drug-likeness (QED) is 0.904. The van der Waals surface area contributed by atoms with E-state index < -0.39 is 17.7 Å². The molecule has 2 aromatic rings. The minimum Gasteiger partial charge on any atom is -0.347 e. The van der Waals surface area contributed by atoms with Crippen LogP contribution in [0.25, 0.3) is 0 Å². The maximum atomic E-state index is 13.7. The summed E-state index contributed by atoms with van der Waals surface area (Å²) in [6, 6.07) is 2.59. The molecule has 0 saturated carbocycles. The van der Waals surface area contributed by atoms with E-state index in [-0.39, 0.29) is 11.6 Å². The summed E-state index contributed by atoms with van der Waals surface area (Å²) in [7, 11) is 0. The number of rotatable bonds is 4. The second-order valence-electron chi connectivity index (χ2n) is 5.98. The maximum absolute atomic E-state index is 13.7. The van der Waals surface area contributed by atoms with E-state index in [0.717, 1.165) is 49.4 Å². The smallest absolute Gasteiger partial charge is 0.241 e. The third kappa shape index (κ3) is 4.32. The minimum absolute atomic E-state index is 0.129. The van der Waals surface area contributed by atoms with Gasteiger partial charge in [-0.15, -0.1) is 11.3 Å². The molecular formula is C17H20F2N4OS. The van der Waals surface area contributed by atoms with Gasteiger partial charge in [0.15, 0.2) is 5.13 Å². The van der Waals surface area contributed by atoms with Gasteiger partial charge in [-0.05, 0) is 25.5 Å². The van der Waals surface area contributed by atoms with Crippen molar-refractivity contribution >= 4 is 28.1 Å². The van der Waals surface area contributed by atoms with E-state index in [2.05, 4.69) is 20.1 Å². The summed E-state index contributed by atoms with van der Waals surface area (Å²) < 4.78 is 26.9. The highest BCUT2D eigenvalue weighted by Gasteiger charge is 2.25. The summed E-state index contributed by atoms with van der Waals surface area (Å²) in [5.41, 5.74) is -0.129. The van der Waals surface area contributed by atoms with E-state index in [1.807, 2.05) is 5.38 Å². The Morgan fingerprint density at radius 2 is 2.12 bits per heavy atom. The van der Waals surface area contributed by atoms with Crippen molar-refractivity contribution in [3.63, 3.8) is 0 Å². The Morgan fingerprint density at radius 3 is 2.88 bits per heavy atom. The first kappa shape index (κ1) is 17.8. The number of carbonyl (C=O) groups is 1. The van der Waals surface area contributed by atoms with Gasteiger partial charge in [0, 0.05) is 43.8 Å². The van der Waals surface area contributed by atoms with Gasteiger partial charge in [0.2, 0.25) is 5.91 Å². The zero-order valence-electron chi connectivity index (χ0n) is 13.9. The van der Waals surface area contributed by atoms with Crippen molar-refractivity contribution < 1.29 is 13.6 Å². The standard InChI is InChI=1S/C17H20F2N4OS/c1-12(16(24)21-15-11-13(18)3-4-14(15)19)22-6-2-7-23(9-8-22)17-20-5-10-25-17/h3-5,10-12H,2,6-9H2,1H3,(H,21,24)/t12-/m1/s1. The predicted molar refractivity (Wildman–Crippen MR) is 95.0 cm³/mol. The molecule has 1 saturated heterocycles. The molecule has 0 spiro atoms. The zero-order chi connectivity index (χ0) is 17.8. The molecule has 134 valence electrons.